The second-order valence-corrected chi connectivity index (χ2v) is 14.9. The molecule has 8 heterocycles. The number of nitriles is 2. The van der Waals surface area contributed by atoms with Gasteiger partial charge in [-0.15, -0.1) is 10.2 Å². The molecule has 4 aliphatic rings. The number of aliphatic hydroxyl groups is 2. The van der Waals surface area contributed by atoms with Gasteiger partial charge in [0.25, 0.3) is 11.8 Å². The van der Waals surface area contributed by atoms with E-state index < -0.39 is 47.3 Å². The molecule has 20 heteroatoms. The molecule has 1 unspecified atom stereocenters. The van der Waals surface area contributed by atoms with Crippen molar-refractivity contribution in [3.63, 3.8) is 0 Å². The number of hydrogen-bond acceptors (Lipinski definition) is 12. The SMILES string of the molecule is C.C.N#Cc1cccc(F)c1-c1cc(-n2cc(F)c(N3CCC(O)C3)n2)c2c(n1)CNC2=O.N#Cc1cccc(F)c1-c1cc(-n2cc(F)c(N3CC[C@@H](O)C3)n2)c2c(n1)CNC2=O. The number of aromatic nitrogens is 6. The van der Waals surface area contributed by atoms with Gasteiger partial charge in [-0.05, 0) is 49.2 Å². The number of pyridine rings is 2. The number of amides is 2. The van der Waals surface area contributed by atoms with Crippen molar-refractivity contribution in [3.8, 4) is 46.0 Å². The fourth-order valence-electron chi connectivity index (χ4n) is 8.03. The molecule has 0 saturated carbocycles. The van der Waals surface area contributed by atoms with Crippen molar-refractivity contribution in [2.24, 2.45) is 0 Å². The molecule has 4 aliphatic heterocycles. The second-order valence-electron chi connectivity index (χ2n) is 14.9. The molecule has 0 bridgehead atoms. The average Bonchev–Trinajstić information content (AvgIpc) is 4.14. The molecule has 64 heavy (non-hydrogen) atoms. The summed E-state index contributed by atoms with van der Waals surface area (Å²) in [6.07, 6.45) is 2.17. The number of β-amino-alcohol motifs (C(OH)–C–C–N with tert-alkyl or cyclic N) is 2. The van der Waals surface area contributed by atoms with Gasteiger partial charge in [-0.25, -0.2) is 36.9 Å². The molecule has 0 radical (unpaired) electrons. The van der Waals surface area contributed by atoms with E-state index in [0.29, 0.717) is 37.3 Å². The van der Waals surface area contributed by atoms with E-state index in [9.17, 15) is 47.9 Å². The van der Waals surface area contributed by atoms with Gasteiger partial charge < -0.3 is 30.6 Å². The molecule has 4 aromatic heterocycles. The van der Waals surface area contributed by atoms with Crippen LogP contribution >= 0.6 is 0 Å². The Morgan fingerprint density at radius 2 is 1.03 bits per heavy atom. The fraction of sp³-hybridized carbons (Fsp3) is 0.273. The summed E-state index contributed by atoms with van der Waals surface area (Å²) in [4.78, 5) is 36.9. The summed E-state index contributed by atoms with van der Waals surface area (Å²) in [6, 6.07) is 15.0. The zero-order valence-corrected chi connectivity index (χ0v) is 32.3. The molecule has 4 N–H and O–H groups in total. The van der Waals surface area contributed by atoms with E-state index >= 15 is 0 Å². The number of anilines is 2. The number of fused-ring (bicyclic) bond motifs is 2. The van der Waals surface area contributed by atoms with Crippen LogP contribution in [-0.2, 0) is 13.1 Å². The van der Waals surface area contributed by atoms with E-state index in [1.54, 1.807) is 9.80 Å². The average molecular weight is 877 g/mol. The van der Waals surface area contributed by atoms with Crippen molar-refractivity contribution < 1.29 is 37.4 Å². The van der Waals surface area contributed by atoms with E-state index in [1.807, 2.05) is 12.1 Å². The first-order valence-electron chi connectivity index (χ1n) is 19.3. The Bertz CT molecular complexity index is 2730. The highest BCUT2D eigenvalue weighted by atomic mass is 19.1. The van der Waals surface area contributed by atoms with Crippen LogP contribution in [0.4, 0.5) is 29.2 Å². The van der Waals surface area contributed by atoms with Crippen molar-refractivity contribution in [2.45, 2.75) is 53.0 Å². The lowest BCUT2D eigenvalue weighted by atomic mass is 10.0. The lowest BCUT2D eigenvalue weighted by Gasteiger charge is -2.14. The van der Waals surface area contributed by atoms with Crippen molar-refractivity contribution in [3.05, 3.63) is 118 Å². The van der Waals surface area contributed by atoms with Crippen molar-refractivity contribution in [1.82, 2.24) is 40.2 Å². The lowest BCUT2D eigenvalue weighted by Crippen LogP contribution is -2.22. The highest BCUT2D eigenvalue weighted by molar-refractivity contribution is 6.02. The zero-order chi connectivity index (χ0) is 43.4. The molecule has 0 spiro atoms. The number of carbonyl (C=O) groups is 2. The van der Waals surface area contributed by atoms with Gasteiger partial charge in [0.15, 0.2) is 23.3 Å². The van der Waals surface area contributed by atoms with Crippen LogP contribution in [-0.4, -0.2) is 89.9 Å². The maximum Gasteiger partial charge on any atom is 0.255 e. The number of benzene rings is 2. The van der Waals surface area contributed by atoms with Crippen LogP contribution in [0.2, 0.25) is 0 Å². The van der Waals surface area contributed by atoms with Crippen LogP contribution in [0, 0.1) is 45.9 Å². The standard InChI is InChI=1S/2C21H16F2N6O2.2CH4/c2*22-13-3-1-2-11(7-24)18(13)15-6-17(19-16(26-15)8-25-21(19)31)29-10-14(23)20(27-29)28-5-4-12(30)9-28;;/h2*1-3,6,10,12,30H,4-5,8-9H2,(H,25,31);2*1H4/t12-;;;/m1.../s1. The molecule has 2 fully saturated rings. The summed E-state index contributed by atoms with van der Waals surface area (Å²) in [5.74, 6) is -3.15. The van der Waals surface area contributed by atoms with E-state index in [-0.39, 0.29) is 109 Å². The molecular formula is C44H40F4N12O4. The first-order chi connectivity index (χ1) is 29.9. The van der Waals surface area contributed by atoms with Gasteiger partial charge in [-0.1, -0.05) is 27.0 Å². The number of nitrogens with zero attached hydrogens (tertiary/aromatic N) is 10. The third-order valence-corrected chi connectivity index (χ3v) is 10.9. The third-order valence-electron chi connectivity index (χ3n) is 10.9. The molecule has 0 aliphatic carbocycles. The van der Waals surface area contributed by atoms with Crippen LogP contribution < -0.4 is 20.4 Å². The Morgan fingerprint density at radius 3 is 1.39 bits per heavy atom. The van der Waals surface area contributed by atoms with Gasteiger partial charge >= 0.3 is 0 Å². The Balaban J connectivity index is 0.000000186. The van der Waals surface area contributed by atoms with Gasteiger partial charge in [0.2, 0.25) is 0 Å². The molecule has 16 nitrogen and oxygen atoms in total. The molecule has 2 saturated heterocycles. The number of nitrogens with one attached hydrogen (secondary N) is 2. The van der Waals surface area contributed by atoms with E-state index in [4.69, 9.17) is 0 Å². The van der Waals surface area contributed by atoms with Gasteiger partial charge in [0.1, 0.15) is 11.6 Å². The van der Waals surface area contributed by atoms with Gasteiger partial charge in [-0.3, -0.25) is 9.59 Å². The predicted molar refractivity (Wildman–Crippen MR) is 224 cm³/mol. The van der Waals surface area contributed by atoms with Crippen molar-refractivity contribution in [2.75, 3.05) is 36.0 Å². The maximum atomic E-state index is 14.7. The minimum absolute atomic E-state index is 0. The first kappa shape index (κ1) is 44.4. The third kappa shape index (κ3) is 7.84. The molecule has 2 atom stereocenters. The molecule has 2 aromatic carbocycles. The number of aliphatic hydroxyl groups excluding tert-OH is 2. The number of rotatable bonds is 6. The summed E-state index contributed by atoms with van der Waals surface area (Å²) < 4.78 is 61.1. The molecule has 328 valence electrons. The Labute approximate surface area is 363 Å². The Hall–Kier alpha value is -7.68. The summed E-state index contributed by atoms with van der Waals surface area (Å²) >= 11 is 0. The maximum absolute atomic E-state index is 14.7. The topological polar surface area (TPSA) is 214 Å². The number of carbonyl (C=O) groups excluding carboxylic acids is 2. The van der Waals surface area contributed by atoms with Crippen LogP contribution in [0.3, 0.4) is 0 Å². The minimum atomic E-state index is -0.631. The molecule has 2 amide bonds. The van der Waals surface area contributed by atoms with Gasteiger partial charge in [0.05, 0.1) is 117 Å². The monoisotopic (exact) mass is 876 g/mol. The molecule has 10 rings (SSSR count). The first-order valence-corrected chi connectivity index (χ1v) is 19.3. The summed E-state index contributed by atoms with van der Waals surface area (Å²) in [7, 11) is 0. The number of halogens is 4. The summed E-state index contributed by atoms with van der Waals surface area (Å²) in [5.41, 5.74) is 2.10. The van der Waals surface area contributed by atoms with Crippen LogP contribution in [0.5, 0.6) is 0 Å². The normalized spacial score (nSPS) is 17.0. The minimum Gasteiger partial charge on any atom is -0.391 e. The quantitative estimate of drug-likeness (QED) is 0.162. The summed E-state index contributed by atoms with van der Waals surface area (Å²) in [5, 5.41) is 52.2. The smallest absolute Gasteiger partial charge is 0.255 e. The highest BCUT2D eigenvalue weighted by Gasteiger charge is 2.33. The highest BCUT2D eigenvalue weighted by Crippen LogP contribution is 2.35. The predicted octanol–water partition coefficient (Wildman–Crippen LogP) is 5.07. The summed E-state index contributed by atoms with van der Waals surface area (Å²) in [6.45, 7) is 1.68. The van der Waals surface area contributed by atoms with Crippen molar-refractivity contribution in [1.29, 1.82) is 10.5 Å². The van der Waals surface area contributed by atoms with E-state index in [2.05, 4.69) is 30.8 Å². The van der Waals surface area contributed by atoms with Gasteiger partial charge in [0, 0.05) is 26.2 Å². The Morgan fingerprint density at radius 1 is 0.625 bits per heavy atom. The van der Waals surface area contributed by atoms with E-state index in [1.165, 1.54) is 57.9 Å². The lowest BCUT2D eigenvalue weighted by molar-refractivity contribution is 0.0957. The van der Waals surface area contributed by atoms with Gasteiger partial charge in [-0.2, -0.15) is 10.5 Å². The largest absolute Gasteiger partial charge is 0.391 e. The number of hydrogen-bond donors (Lipinski definition) is 4. The zero-order valence-electron chi connectivity index (χ0n) is 32.3. The molecule has 6 aromatic rings. The van der Waals surface area contributed by atoms with Crippen molar-refractivity contribution >= 4 is 23.5 Å². The Kier molecular flexibility index (Phi) is 12.2. The van der Waals surface area contributed by atoms with Crippen LogP contribution in [0.15, 0.2) is 60.9 Å². The molecular weight excluding hydrogens is 837 g/mol. The van der Waals surface area contributed by atoms with Crippen LogP contribution in [0.25, 0.3) is 33.9 Å². The fourth-order valence-corrected chi connectivity index (χ4v) is 8.03. The second kappa shape index (κ2) is 17.6. The van der Waals surface area contributed by atoms with E-state index in [0.717, 1.165) is 12.4 Å². The van der Waals surface area contributed by atoms with Crippen LogP contribution in [0.1, 0.15) is 70.9 Å².